The van der Waals surface area contributed by atoms with Crippen LogP contribution in [0.4, 0.5) is 5.69 Å². The van der Waals surface area contributed by atoms with Gasteiger partial charge in [0.05, 0.1) is 6.61 Å². The molecule has 2 aliphatic heterocycles. The van der Waals surface area contributed by atoms with Gasteiger partial charge in [0.1, 0.15) is 5.75 Å². The summed E-state index contributed by atoms with van der Waals surface area (Å²) in [5.41, 5.74) is 2.99. The molecule has 1 N–H and O–H groups in total. The molecule has 1 unspecified atom stereocenters. The van der Waals surface area contributed by atoms with Crippen LogP contribution in [0.3, 0.4) is 0 Å². The van der Waals surface area contributed by atoms with E-state index in [1.54, 1.807) is 0 Å². The fraction of sp³-hybridized carbons (Fsp3) is 0.625. The number of benzene rings is 1. The van der Waals surface area contributed by atoms with Crippen LogP contribution in [-0.4, -0.2) is 38.2 Å². The van der Waals surface area contributed by atoms with E-state index in [9.17, 15) is 0 Å². The summed E-state index contributed by atoms with van der Waals surface area (Å²) >= 11 is 0. The van der Waals surface area contributed by atoms with Gasteiger partial charge in [-0.15, -0.1) is 0 Å². The van der Waals surface area contributed by atoms with Gasteiger partial charge in [-0.3, -0.25) is 0 Å². The molecule has 0 bridgehead atoms. The molecule has 2 aliphatic rings. The van der Waals surface area contributed by atoms with Crippen LogP contribution >= 0.6 is 0 Å². The monoisotopic (exact) mass is 260 g/mol. The highest BCUT2D eigenvalue weighted by Gasteiger charge is 2.32. The highest BCUT2D eigenvalue weighted by molar-refractivity contribution is 5.55. The van der Waals surface area contributed by atoms with Crippen molar-refractivity contribution < 1.29 is 4.74 Å². The molecule has 3 heteroatoms. The van der Waals surface area contributed by atoms with Gasteiger partial charge in [-0.25, -0.2) is 0 Å². The summed E-state index contributed by atoms with van der Waals surface area (Å²) in [6.07, 6.45) is 3.62. The molecular weight excluding hydrogens is 236 g/mol. The molecule has 0 aromatic heterocycles. The second kappa shape index (κ2) is 5.04. The third-order valence-corrected chi connectivity index (χ3v) is 4.35. The lowest BCUT2D eigenvalue weighted by Crippen LogP contribution is -2.28. The molecule has 1 aromatic rings. The predicted molar refractivity (Wildman–Crippen MR) is 79.0 cm³/mol. The molecule has 0 spiro atoms. The quantitative estimate of drug-likeness (QED) is 0.904. The maximum atomic E-state index is 6.05. The van der Waals surface area contributed by atoms with Crippen LogP contribution in [0.2, 0.25) is 0 Å². The van der Waals surface area contributed by atoms with Gasteiger partial charge >= 0.3 is 0 Å². The van der Waals surface area contributed by atoms with Crippen LogP contribution < -0.4 is 10.1 Å². The number of anilines is 1. The number of nitrogens with one attached hydrogen (secondary N) is 1. The Balaban J connectivity index is 1.64. The molecule has 0 radical (unpaired) electrons. The van der Waals surface area contributed by atoms with Crippen molar-refractivity contribution in [1.29, 1.82) is 0 Å². The molecule has 1 saturated heterocycles. The van der Waals surface area contributed by atoms with Gasteiger partial charge in [0, 0.05) is 24.2 Å². The fourth-order valence-corrected chi connectivity index (χ4v) is 3.19. The van der Waals surface area contributed by atoms with Crippen molar-refractivity contribution in [2.75, 3.05) is 38.6 Å². The van der Waals surface area contributed by atoms with Crippen LogP contribution in [-0.2, 0) is 6.42 Å². The average Bonchev–Trinajstić information content (AvgIpc) is 2.77. The van der Waals surface area contributed by atoms with E-state index in [-0.39, 0.29) is 0 Å². The zero-order chi connectivity index (χ0) is 13.3. The van der Waals surface area contributed by atoms with E-state index in [0.29, 0.717) is 5.41 Å². The van der Waals surface area contributed by atoms with E-state index in [1.165, 1.54) is 37.1 Å². The van der Waals surface area contributed by atoms with Crippen LogP contribution in [0.25, 0.3) is 0 Å². The molecule has 19 heavy (non-hydrogen) atoms. The highest BCUT2D eigenvalue weighted by atomic mass is 16.5. The molecule has 0 amide bonds. The minimum Gasteiger partial charge on any atom is -0.493 e. The maximum absolute atomic E-state index is 6.05. The molecule has 0 aliphatic carbocycles. The molecule has 2 heterocycles. The SMILES string of the molecule is CN1CCC(C)(COc2ccc3c(c2)CCCN3)C1. The Bertz CT molecular complexity index is 460. The molecule has 3 rings (SSSR count). The summed E-state index contributed by atoms with van der Waals surface area (Å²) < 4.78 is 6.05. The molecule has 0 saturated carbocycles. The number of ether oxygens (including phenoxy) is 1. The van der Waals surface area contributed by atoms with Crippen molar-refractivity contribution in [3.8, 4) is 5.75 Å². The minimum absolute atomic E-state index is 0.308. The van der Waals surface area contributed by atoms with Crippen LogP contribution in [0.15, 0.2) is 18.2 Å². The zero-order valence-electron chi connectivity index (χ0n) is 12.0. The fourth-order valence-electron chi connectivity index (χ4n) is 3.19. The molecule has 1 aromatic carbocycles. The van der Waals surface area contributed by atoms with Gasteiger partial charge < -0.3 is 15.0 Å². The average molecular weight is 260 g/mol. The number of hydrogen-bond donors (Lipinski definition) is 1. The lowest BCUT2D eigenvalue weighted by Gasteiger charge is -2.25. The molecule has 1 fully saturated rings. The number of fused-ring (bicyclic) bond motifs is 1. The Morgan fingerprint density at radius 3 is 3.11 bits per heavy atom. The van der Waals surface area contributed by atoms with Crippen LogP contribution in [0.5, 0.6) is 5.75 Å². The smallest absolute Gasteiger partial charge is 0.119 e. The number of nitrogens with zero attached hydrogens (tertiary/aromatic N) is 1. The van der Waals surface area contributed by atoms with Crippen LogP contribution in [0, 0.1) is 5.41 Å². The summed E-state index contributed by atoms with van der Waals surface area (Å²) in [7, 11) is 2.19. The number of likely N-dealkylation sites (tertiary alicyclic amines) is 1. The Hall–Kier alpha value is -1.22. The second-order valence-electron chi connectivity index (χ2n) is 6.44. The van der Waals surface area contributed by atoms with E-state index in [0.717, 1.165) is 25.4 Å². The Morgan fingerprint density at radius 2 is 2.32 bits per heavy atom. The zero-order valence-corrected chi connectivity index (χ0v) is 12.0. The van der Waals surface area contributed by atoms with Gasteiger partial charge in [-0.1, -0.05) is 6.92 Å². The first-order valence-corrected chi connectivity index (χ1v) is 7.33. The Labute approximate surface area is 115 Å². The van der Waals surface area contributed by atoms with Gasteiger partial charge in [-0.2, -0.15) is 0 Å². The van der Waals surface area contributed by atoms with Gasteiger partial charge in [0.2, 0.25) is 0 Å². The summed E-state index contributed by atoms with van der Waals surface area (Å²) in [5, 5.41) is 3.44. The lowest BCUT2D eigenvalue weighted by atomic mass is 9.91. The van der Waals surface area contributed by atoms with Crippen molar-refractivity contribution in [1.82, 2.24) is 4.90 Å². The third kappa shape index (κ3) is 2.86. The van der Waals surface area contributed by atoms with E-state index in [1.807, 2.05) is 0 Å². The van der Waals surface area contributed by atoms with Crippen molar-refractivity contribution in [3.63, 3.8) is 0 Å². The van der Waals surface area contributed by atoms with Gasteiger partial charge in [0.15, 0.2) is 0 Å². The van der Waals surface area contributed by atoms with E-state index in [2.05, 4.69) is 42.4 Å². The normalized spacial score (nSPS) is 26.8. The molecule has 3 nitrogen and oxygen atoms in total. The summed E-state index contributed by atoms with van der Waals surface area (Å²) in [4.78, 5) is 2.39. The number of aryl methyl sites for hydroxylation is 1. The van der Waals surface area contributed by atoms with Crippen molar-refractivity contribution in [2.24, 2.45) is 5.41 Å². The number of rotatable bonds is 3. The van der Waals surface area contributed by atoms with E-state index in [4.69, 9.17) is 4.74 Å². The van der Waals surface area contributed by atoms with Crippen molar-refractivity contribution in [2.45, 2.75) is 26.2 Å². The molecule has 1 atom stereocenters. The number of hydrogen-bond acceptors (Lipinski definition) is 3. The first-order chi connectivity index (χ1) is 9.15. The van der Waals surface area contributed by atoms with E-state index < -0.39 is 0 Å². The summed E-state index contributed by atoms with van der Waals surface area (Å²) in [6, 6.07) is 6.47. The third-order valence-electron chi connectivity index (χ3n) is 4.35. The molecular formula is C16H24N2O. The lowest BCUT2D eigenvalue weighted by molar-refractivity contribution is 0.168. The topological polar surface area (TPSA) is 24.5 Å². The summed E-state index contributed by atoms with van der Waals surface area (Å²) in [6.45, 7) is 6.57. The highest BCUT2D eigenvalue weighted by Crippen LogP contribution is 2.31. The first kappa shape index (κ1) is 12.8. The van der Waals surface area contributed by atoms with Gasteiger partial charge in [-0.05, 0) is 56.6 Å². The largest absolute Gasteiger partial charge is 0.493 e. The predicted octanol–water partition coefficient (Wildman–Crippen LogP) is 2.77. The molecule has 104 valence electrons. The van der Waals surface area contributed by atoms with Crippen molar-refractivity contribution in [3.05, 3.63) is 23.8 Å². The first-order valence-electron chi connectivity index (χ1n) is 7.33. The Kier molecular flexibility index (Phi) is 3.40. The second-order valence-corrected chi connectivity index (χ2v) is 6.44. The van der Waals surface area contributed by atoms with Crippen LogP contribution in [0.1, 0.15) is 25.3 Å². The minimum atomic E-state index is 0.308. The maximum Gasteiger partial charge on any atom is 0.119 e. The van der Waals surface area contributed by atoms with E-state index >= 15 is 0 Å². The van der Waals surface area contributed by atoms with Crippen molar-refractivity contribution >= 4 is 5.69 Å². The summed E-state index contributed by atoms with van der Waals surface area (Å²) in [5.74, 6) is 1.03. The standard InChI is InChI=1S/C16H24N2O/c1-16(7-9-18(2)11-16)12-19-14-5-6-15-13(10-14)4-3-8-17-15/h5-6,10,17H,3-4,7-9,11-12H2,1-2H3. The van der Waals surface area contributed by atoms with Gasteiger partial charge in [0.25, 0.3) is 0 Å². The Morgan fingerprint density at radius 1 is 1.42 bits per heavy atom.